The summed E-state index contributed by atoms with van der Waals surface area (Å²) in [5, 5.41) is 0. The highest BCUT2D eigenvalue weighted by atomic mass is 15.1. The average molecular weight is 725 g/mol. The smallest absolute Gasteiger partial charge is 0.0366 e. The molecule has 2 nitrogen and oxygen atoms in total. The van der Waals surface area contributed by atoms with Crippen LogP contribution in [0, 0.1) is 0 Å². The fraction of sp³-hybridized carbons (Fsp3) is 0.462. The maximum atomic E-state index is 2.61. The van der Waals surface area contributed by atoms with E-state index in [-0.39, 0.29) is 0 Å². The van der Waals surface area contributed by atoms with Crippen LogP contribution in [0.2, 0.25) is 0 Å². The Bertz CT molecular complexity index is 1430. The predicted octanol–water partition coefficient (Wildman–Crippen LogP) is 15.6. The van der Waals surface area contributed by atoms with E-state index in [9.17, 15) is 0 Å². The lowest BCUT2D eigenvalue weighted by Crippen LogP contribution is -2.25. The standard InChI is InChI=1S/C52H72N2/c1-5-9-13-17-41-53(42-18-14-10-6-2)51-37-29-47(30-38-51)23-21-45-25-33-49(34-26-45)50-35-27-46(28-36-50)22-24-48-31-39-52(40-32-48)54(43-19-15-11-7-3)44-20-16-12-8-4/h21-40H,5-20,41-44H2,1-4H3/b23-21+,24-22+. The van der Waals surface area contributed by atoms with Gasteiger partial charge in [-0.25, -0.2) is 0 Å². The highest BCUT2D eigenvalue weighted by Gasteiger charge is 2.08. The van der Waals surface area contributed by atoms with Gasteiger partial charge in [0.15, 0.2) is 0 Å². The Morgan fingerprint density at radius 1 is 0.296 bits per heavy atom. The molecule has 4 rings (SSSR count). The Morgan fingerprint density at radius 2 is 0.537 bits per heavy atom. The molecule has 54 heavy (non-hydrogen) atoms. The third kappa shape index (κ3) is 15.7. The summed E-state index contributed by atoms with van der Waals surface area (Å²) >= 11 is 0. The zero-order valence-electron chi connectivity index (χ0n) is 34.6. The third-order valence-electron chi connectivity index (χ3n) is 10.7. The molecule has 0 spiro atoms. The number of unbranched alkanes of at least 4 members (excludes halogenated alkanes) is 12. The second-order valence-electron chi connectivity index (χ2n) is 15.3. The molecule has 0 radical (unpaired) electrons. The van der Waals surface area contributed by atoms with Gasteiger partial charge in [-0.1, -0.05) is 202 Å². The van der Waals surface area contributed by atoms with E-state index in [1.54, 1.807) is 0 Å². The van der Waals surface area contributed by atoms with E-state index < -0.39 is 0 Å². The first-order valence-electron chi connectivity index (χ1n) is 21.9. The minimum Gasteiger partial charge on any atom is -0.372 e. The zero-order chi connectivity index (χ0) is 38.1. The summed E-state index contributed by atoms with van der Waals surface area (Å²) < 4.78 is 0. The van der Waals surface area contributed by atoms with Crippen LogP contribution in [-0.2, 0) is 0 Å². The molecule has 2 heteroatoms. The van der Waals surface area contributed by atoms with E-state index in [1.165, 1.54) is 174 Å². The van der Waals surface area contributed by atoms with Gasteiger partial charge in [-0.2, -0.15) is 0 Å². The van der Waals surface area contributed by atoms with E-state index >= 15 is 0 Å². The highest BCUT2D eigenvalue weighted by Crippen LogP contribution is 2.24. The van der Waals surface area contributed by atoms with Crippen LogP contribution in [0.1, 0.15) is 153 Å². The monoisotopic (exact) mass is 725 g/mol. The SMILES string of the molecule is CCCCCCN(CCCCCC)c1ccc(/C=C/c2ccc(-c3ccc(/C=C/c4ccc(N(CCCCCC)CCCCCC)cc4)cc3)cc2)cc1. The van der Waals surface area contributed by atoms with Gasteiger partial charge in [0.05, 0.1) is 0 Å². The van der Waals surface area contributed by atoms with Crippen molar-refractivity contribution in [1.82, 2.24) is 0 Å². The van der Waals surface area contributed by atoms with Crippen molar-refractivity contribution < 1.29 is 0 Å². The predicted molar refractivity (Wildman–Crippen MR) is 244 cm³/mol. The Hall–Kier alpha value is -4.04. The van der Waals surface area contributed by atoms with E-state index in [0.29, 0.717) is 0 Å². The van der Waals surface area contributed by atoms with Crippen molar-refractivity contribution in [3.05, 3.63) is 119 Å². The molecule has 290 valence electrons. The van der Waals surface area contributed by atoms with Crippen LogP contribution in [0.15, 0.2) is 97.1 Å². The van der Waals surface area contributed by atoms with Gasteiger partial charge in [0.2, 0.25) is 0 Å². The number of nitrogens with zero attached hydrogens (tertiary/aromatic N) is 2. The molecule has 4 aromatic rings. The molecule has 0 aliphatic rings. The molecule has 0 bridgehead atoms. The number of rotatable bonds is 27. The minimum atomic E-state index is 1.17. The molecule has 4 aromatic carbocycles. The Morgan fingerprint density at radius 3 is 0.778 bits per heavy atom. The fourth-order valence-corrected chi connectivity index (χ4v) is 7.21. The minimum absolute atomic E-state index is 1.17. The van der Waals surface area contributed by atoms with E-state index in [2.05, 4.69) is 159 Å². The van der Waals surface area contributed by atoms with Crippen molar-refractivity contribution in [2.24, 2.45) is 0 Å². The van der Waals surface area contributed by atoms with Gasteiger partial charge < -0.3 is 9.80 Å². The molecule has 0 saturated carbocycles. The topological polar surface area (TPSA) is 6.48 Å². The first kappa shape index (κ1) is 42.7. The number of hydrogen-bond donors (Lipinski definition) is 0. The lowest BCUT2D eigenvalue weighted by atomic mass is 10.0. The van der Waals surface area contributed by atoms with Gasteiger partial charge in [-0.3, -0.25) is 0 Å². The molecule has 0 unspecified atom stereocenters. The maximum absolute atomic E-state index is 2.61. The summed E-state index contributed by atoms with van der Waals surface area (Å²) in [6, 6.07) is 36.2. The molecular formula is C52H72N2. The maximum Gasteiger partial charge on any atom is 0.0366 e. The van der Waals surface area contributed by atoms with Crippen LogP contribution in [0.25, 0.3) is 35.4 Å². The second-order valence-corrected chi connectivity index (χ2v) is 15.3. The molecular weight excluding hydrogens is 653 g/mol. The summed E-state index contributed by atoms with van der Waals surface area (Å²) in [4.78, 5) is 5.22. The molecule has 0 heterocycles. The molecule has 0 aliphatic carbocycles. The first-order chi connectivity index (χ1) is 26.6. The molecule has 0 amide bonds. The fourth-order valence-electron chi connectivity index (χ4n) is 7.21. The first-order valence-corrected chi connectivity index (χ1v) is 21.9. The normalized spacial score (nSPS) is 11.6. The van der Waals surface area contributed by atoms with Crippen molar-refractivity contribution >= 4 is 35.7 Å². The largest absolute Gasteiger partial charge is 0.372 e. The van der Waals surface area contributed by atoms with Crippen molar-refractivity contribution in [2.45, 2.75) is 130 Å². The van der Waals surface area contributed by atoms with Crippen LogP contribution in [-0.4, -0.2) is 26.2 Å². The molecule has 0 atom stereocenters. The Labute approximate surface area is 331 Å². The van der Waals surface area contributed by atoms with Crippen LogP contribution in [0.4, 0.5) is 11.4 Å². The van der Waals surface area contributed by atoms with Crippen LogP contribution in [0.3, 0.4) is 0 Å². The summed E-state index contributed by atoms with van der Waals surface area (Å²) in [5.74, 6) is 0. The van der Waals surface area contributed by atoms with Crippen molar-refractivity contribution in [1.29, 1.82) is 0 Å². The quantitative estimate of drug-likeness (QED) is 0.0446. The van der Waals surface area contributed by atoms with E-state index in [4.69, 9.17) is 0 Å². The average Bonchev–Trinajstić information content (AvgIpc) is 3.22. The van der Waals surface area contributed by atoms with Crippen molar-refractivity contribution in [3.63, 3.8) is 0 Å². The Kier molecular flexibility index (Phi) is 20.5. The third-order valence-corrected chi connectivity index (χ3v) is 10.7. The Balaban J connectivity index is 1.30. The van der Waals surface area contributed by atoms with E-state index in [1.807, 2.05) is 0 Å². The van der Waals surface area contributed by atoms with Gasteiger partial charge in [-0.05, 0) is 83.3 Å². The molecule has 0 aliphatic heterocycles. The number of hydrogen-bond acceptors (Lipinski definition) is 2. The van der Waals surface area contributed by atoms with Crippen LogP contribution >= 0.6 is 0 Å². The van der Waals surface area contributed by atoms with Crippen molar-refractivity contribution in [2.75, 3.05) is 36.0 Å². The molecule has 0 N–H and O–H groups in total. The van der Waals surface area contributed by atoms with Gasteiger partial charge >= 0.3 is 0 Å². The lowest BCUT2D eigenvalue weighted by molar-refractivity contribution is 0.609. The summed E-state index contributed by atoms with van der Waals surface area (Å²) in [5.41, 5.74) is 10.2. The van der Waals surface area contributed by atoms with Crippen LogP contribution < -0.4 is 9.80 Å². The highest BCUT2D eigenvalue weighted by molar-refractivity contribution is 5.75. The van der Waals surface area contributed by atoms with Gasteiger partial charge in [0, 0.05) is 37.6 Å². The van der Waals surface area contributed by atoms with Crippen molar-refractivity contribution in [3.8, 4) is 11.1 Å². The van der Waals surface area contributed by atoms with Gasteiger partial charge in [-0.15, -0.1) is 0 Å². The van der Waals surface area contributed by atoms with E-state index in [0.717, 1.165) is 0 Å². The number of benzene rings is 4. The van der Waals surface area contributed by atoms with Gasteiger partial charge in [0.25, 0.3) is 0 Å². The summed E-state index contributed by atoms with van der Waals surface area (Å²) in [6.07, 6.45) is 29.9. The molecule has 0 saturated heterocycles. The number of anilines is 2. The summed E-state index contributed by atoms with van der Waals surface area (Å²) in [7, 11) is 0. The van der Waals surface area contributed by atoms with Crippen LogP contribution in [0.5, 0.6) is 0 Å². The zero-order valence-corrected chi connectivity index (χ0v) is 34.6. The lowest BCUT2D eigenvalue weighted by Gasteiger charge is -2.25. The second kappa shape index (κ2) is 25.9. The summed E-state index contributed by atoms with van der Waals surface area (Å²) in [6.45, 7) is 13.8. The van der Waals surface area contributed by atoms with Gasteiger partial charge in [0.1, 0.15) is 0 Å². The molecule has 0 fully saturated rings. The molecule has 0 aromatic heterocycles.